The van der Waals surface area contributed by atoms with Gasteiger partial charge < -0.3 is 10.6 Å². The number of carbonyl (C=O) groups is 2. The van der Waals surface area contributed by atoms with Crippen molar-refractivity contribution in [3.05, 3.63) is 83.4 Å². The third-order valence-corrected chi connectivity index (χ3v) is 4.32. The molecule has 0 saturated carbocycles. The molecule has 1 aromatic heterocycles. The van der Waals surface area contributed by atoms with Crippen LogP contribution in [0.4, 0.5) is 0 Å². The summed E-state index contributed by atoms with van der Waals surface area (Å²) in [4.78, 5) is 28.5. The van der Waals surface area contributed by atoms with Gasteiger partial charge in [0.15, 0.2) is 0 Å². The van der Waals surface area contributed by atoms with Gasteiger partial charge in [-0.15, -0.1) is 0 Å². The number of rotatable bonds is 7. The van der Waals surface area contributed by atoms with Gasteiger partial charge in [-0.05, 0) is 37.1 Å². The maximum absolute atomic E-state index is 12.3. The van der Waals surface area contributed by atoms with E-state index in [1.165, 1.54) is 6.33 Å². The zero-order chi connectivity index (χ0) is 19.9. The van der Waals surface area contributed by atoms with Crippen LogP contribution in [0.3, 0.4) is 0 Å². The van der Waals surface area contributed by atoms with Crippen molar-refractivity contribution in [1.29, 1.82) is 0 Å². The summed E-state index contributed by atoms with van der Waals surface area (Å²) in [5.74, 6) is -0.489. The lowest BCUT2D eigenvalue weighted by molar-refractivity contribution is -0.122. The molecule has 28 heavy (non-hydrogen) atoms. The fraction of sp³-hybridized carbons (Fsp3) is 0.238. The van der Waals surface area contributed by atoms with Gasteiger partial charge >= 0.3 is 0 Å². The van der Waals surface area contributed by atoms with Crippen LogP contribution in [0.25, 0.3) is 0 Å². The van der Waals surface area contributed by atoms with Crippen LogP contribution in [0.5, 0.6) is 0 Å². The Kier molecular flexibility index (Phi) is 6.16. The standard InChI is InChI=1S/C21H23N5O2/c1-15-4-3-5-19(10-15)21(28)25-16(2)20(27)23-11-17-6-8-18(9-7-17)12-26-14-22-13-24-26/h3-10,13-14,16H,11-12H2,1-2H3,(H,23,27)(H,25,28)/t16-/m0/s1. The smallest absolute Gasteiger partial charge is 0.251 e. The van der Waals surface area contributed by atoms with Crippen molar-refractivity contribution < 1.29 is 9.59 Å². The monoisotopic (exact) mass is 377 g/mol. The summed E-state index contributed by atoms with van der Waals surface area (Å²) in [7, 11) is 0. The van der Waals surface area contributed by atoms with Crippen LogP contribution < -0.4 is 10.6 Å². The van der Waals surface area contributed by atoms with Gasteiger partial charge in [-0.2, -0.15) is 5.10 Å². The van der Waals surface area contributed by atoms with Crippen molar-refractivity contribution in [3.63, 3.8) is 0 Å². The van der Waals surface area contributed by atoms with Gasteiger partial charge in [-0.25, -0.2) is 9.67 Å². The number of benzene rings is 2. The molecule has 2 amide bonds. The van der Waals surface area contributed by atoms with E-state index in [4.69, 9.17) is 0 Å². The largest absolute Gasteiger partial charge is 0.350 e. The number of hydrogen-bond donors (Lipinski definition) is 2. The van der Waals surface area contributed by atoms with Gasteiger partial charge in [0.25, 0.3) is 5.91 Å². The molecule has 1 heterocycles. The predicted molar refractivity (Wildman–Crippen MR) is 106 cm³/mol. The number of nitrogens with one attached hydrogen (secondary N) is 2. The highest BCUT2D eigenvalue weighted by Crippen LogP contribution is 2.07. The minimum absolute atomic E-state index is 0.229. The van der Waals surface area contributed by atoms with Crippen molar-refractivity contribution in [2.45, 2.75) is 33.0 Å². The number of aryl methyl sites for hydroxylation is 1. The average Bonchev–Trinajstić information content (AvgIpc) is 3.20. The summed E-state index contributed by atoms with van der Waals surface area (Å²) in [5.41, 5.74) is 3.62. The third kappa shape index (κ3) is 5.26. The molecule has 0 aliphatic rings. The summed E-state index contributed by atoms with van der Waals surface area (Å²) in [6.07, 6.45) is 3.17. The third-order valence-electron chi connectivity index (χ3n) is 4.32. The molecular formula is C21H23N5O2. The van der Waals surface area contributed by atoms with E-state index in [9.17, 15) is 9.59 Å². The van der Waals surface area contributed by atoms with Crippen LogP contribution in [0, 0.1) is 6.92 Å². The lowest BCUT2D eigenvalue weighted by Gasteiger charge is -2.14. The zero-order valence-electron chi connectivity index (χ0n) is 15.9. The summed E-state index contributed by atoms with van der Waals surface area (Å²) < 4.78 is 1.75. The van der Waals surface area contributed by atoms with E-state index in [-0.39, 0.29) is 11.8 Å². The maximum Gasteiger partial charge on any atom is 0.251 e. The topological polar surface area (TPSA) is 88.9 Å². The molecule has 2 N–H and O–H groups in total. The minimum atomic E-state index is -0.625. The van der Waals surface area contributed by atoms with Crippen LogP contribution in [0.15, 0.2) is 61.2 Å². The lowest BCUT2D eigenvalue weighted by Crippen LogP contribution is -2.44. The van der Waals surface area contributed by atoms with E-state index >= 15 is 0 Å². The SMILES string of the molecule is Cc1cccc(C(=O)N[C@@H](C)C(=O)NCc2ccc(Cn3cncn3)cc2)c1. The van der Waals surface area contributed by atoms with E-state index in [0.717, 1.165) is 16.7 Å². The minimum Gasteiger partial charge on any atom is -0.350 e. The van der Waals surface area contributed by atoms with Gasteiger partial charge in [-0.3, -0.25) is 9.59 Å². The molecule has 0 aliphatic carbocycles. The number of carbonyl (C=O) groups excluding carboxylic acids is 2. The Morgan fingerprint density at radius 2 is 1.86 bits per heavy atom. The molecule has 2 aromatic carbocycles. The van der Waals surface area contributed by atoms with Crippen LogP contribution >= 0.6 is 0 Å². The second-order valence-electron chi connectivity index (χ2n) is 6.69. The molecule has 0 aliphatic heterocycles. The van der Waals surface area contributed by atoms with Crippen LogP contribution in [0.1, 0.15) is 34.0 Å². The van der Waals surface area contributed by atoms with Crippen molar-refractivity contribution in [1.82, 2.24) is 25.4 Å². The molecule has 0 saturated heterocycles. The van der Waals surface area contributed by atoms with E-state index in [1.807, 2.05) is 43.3 Å². The van der Waals surface area contributed by atoms with Crippen LogP contribution in [-0.4, -0.2) is 32.6 Å². The quantitative estimate of drug-likeness (QED) is 0.660. The first kappa shape index (κ1) is 19.3. The zero-order valence-corrected chi connectivity index (χ0v) is 15.9. The second kappa shape index (κ2) is 8.94. The fourth-order valence-corrected chi connectivity index (χ4v) is 2.74. The second-order valence-corrected chi connectivity index (χ2v) is 6.69. The normalized spacial score (nSPS) is 11.6. The molecule has 0 radical (unpaired) electrons. The number of nitrogens with zero attached hydrogens (tertiary/aromatic N) is 3. The van der Waals surface area contributed by atoms with Crippen molar-refractivity contribution in [2.24, 2.45) is 0 Å². The molecule has 3 aromatic rings. The summed E-state index contributed by atoms with van der Waals surface area (Å²) in [5, 5.41) is 9.65. The lowest BCUT2D eigenvalue weighted by atomic mass is 10.1. The highest BCUT2D eigenvalue weighted by atomic mass is 16.2. The number of hydrogen-bond acceptors (Lipinski definition) is 4. The predicted octanol–water partition coefficient (Wildman–Crippen LogP) is 2.07. The molecular weight excluding hydrogens is 354 g/mol. The number of amides is 2. The molecule has 0 bridgehead atoms. The molecule has 1 atom stereocenters. The maximum atomic E-state index is 12.3. The van der Waals surface area contributed by atoms with E-state index in [1.54, 1.807) is 30.1 Å². The number of aromatic nitrogens is 3. The first-order chi connectivity index (χ1) is 13.5. The van der Waals surface area contributed by atoms with Gasteiger partial charge in [-0.1, -0.05) is 42.0 Å². The Labute approximate surface area is 163 Å². The first-order valence-electron chi connectivity index (χ1n) is 9.07. The Hall–Kier alpha value is -3.48. The fourth-order valence-electron chi connectivity index (χ4n) is 2.74. The van der Waals surface area contributed by atoms with Crippen molar-refractivity contribution in [2.75, 3.05) is 0 Å². The summed E-state index contributed by atoms with van der Waals surface area (Å²) >= 11 is 0. The van der Waals surface area contributed by atoms with Crippen molar-refractivity contribution >= 4 is 11.8 Å². The van der Waals surface area contributed by atoms with Crippen molar-refractivity contribution in [3.8, 4) is 0 Å². The summed E-state index contributed by atoms with van der Waals surface area (Å²) in [6.45, 7) is 4.64. The van der Waals surface area contributed by atoms with Crippen LogP contribution in [-0.2, 0) is 17.9 Å². The van der Waals surface area contributed by atoms with Gasteiger partial charge in [0, 0.05) is 12.1 Å². The average molecular weight is 377 g/mol. The summed E-state index contributed by atoms with van der Waals surface area (Å²) in [6, 6.07) is 14.5. The van der Waals surface area contributed by atoms with Gasteiger partial charge in [0.05, 0.1) is 6.54 Å². The molecule has 3 rings (SSSR count). The highest BCUT2D eigenvalue weighted by Gasteiger charge is 2.16. The molecule has 0 unspecified atom stereocenters. The Morgan fingerprint density at radius 1 is 1.11 bits per heavy atom. The Balaban J connectivity index is 1.48. The first-order valence-corrected chi connectivity index (χ1v) is 9.07. The molecule has 7 heteroatoms. The highest BCUT2D eigenvalue weighted by molar-refractivity contribution is 5.97. The molecule has 144 valence electrons. The van der Waals surface area contributed by atoms with E-state index in [0.29, 0.717) is 18.7 Å². The van der Waals surface area contributed by atoms with Gasteiger partial charge in [0.1, 0.15) is 18.7 Å². The Morgan fingerprint density at radius 3 is 2.54 bits per heavy atom. The van der Waals surface area contributed by atoms with Crippen LogP contribution in [0.2, 0.25) is 0 Å². The molecule has 0 fully saturated rings. The molecule has 7 nitrogen and oxygen atoms in total. The Bertz CT molecular complexity index is 936. The molecule has 0 spiro atoms. The van der Waals surface area contributed by atoms with E-state index in [2.05, 4.69) is 20.7 Å². The van der Waals surface area contributed by atoms with E-state index < -0.39 is 6.04 Å². The van der Waals surface area contributed by atoms with Gasteiger partial charge in [0.2, 0.25) is 5.91 Å².